The molecule has 7 nitrogen and oxygen atoms in total. The fraction of sp³-hybridized carbons (Fsp3) is 0.294. The van der Waals surface area contributed by atoms with Crippen molar-refractivity contribution in [3.05, 3.63) is 94.7 Å². The van der Waals surface area contributed by atoms with Crippen LogP contribution in [0, 0.1) is 13.8 Å². The van der Waals surface area contributed by atoms with Gasteiger partial charge in [-0.3, -0.25) is 9.59 Å². The molecule has 0 bridgehead atoms. The lowest BCUT2D eigenvalue weighted by molar-refractivity contribution is -0.137. The Morgan fingerprint density at radius 1 is 0.805 bits per heavy atom. The first-order valence-electron chi connectivity index (χ1n) is 14.0. The van der Waals surface area contributed by atoms with Gasteiger partial charge < -0.3 is 24.3 Å². The molecule has 4 rings (SSSR count). The highest BCUT2D eigenvalue weighted by Crippen LogP contribution is 2.28. The second kappa shape index (κ2) is 14.2. The number of unbranched alkanes of at least 4 members (excludes halogenated alkanes) is 1. The average Bonchev–Trinajstić information content (AvgIpc) is 3.28. The van der Waals surface area contributed by atoms with Crippen LogP contribution < -0.4 is 9.47 Å². The second-order valence-corrected chi connectivity index (χ2v) is 10.2. The number of para-hydroxylation sites is 1. The molecule has 1 heterocycles. The Labute approximate surface area is 240 Å². The van der Waals surface area contributed by atoms with Crippen molar-refractivity contribution in [3.63, 3.8) is 0 Å². The number of carboxylic acids is 2. The highest BCUT2D eigenvalue weighted by Gasteiger charge is 2.14. The number of ether oxygens (including phenoxy) is 2. The molecule has 7 heteroatoms. The standard InChI is InChI=1S/C34H37NO6/c1-24-8-5-9-25(2)34(24)41-21-4-3-20-40-29-17-14-26(15-18-29)13-16-27-10-6-11-30-33(27)28(22-32(38)39)23-35(30)19-7-12-31(36)37/h5-6,8-11,13-18,23H,3-4,7,12,19-22H2,1-2H3,(H,36,37)(H,38,39). The van der Waals surface area contributed by atoms with Gasteiger partial charge in [0.25, 0.3) is 0 Å². The number of carbonyl (C=O) groups is 2. The van der Waals surface area contributed by atoms with Gasteiger partial charge in [-0.1, -0.05) is 54.6 Å². The molecule has 0 aliphatic rings. The quantitative estimate of drug-likeness (QED) is 0.119. The molecular weight excluding hydrogens is 518 g/mol. The summed E-state index contributed by atoms with van der Waals surface area (Å²) in [6.07, 6.45) is 8.06. The van der Waals surface area contributed by atoms with E-state index in [1.165, 1.54) is 0 Å². The lowest BCUT2D eigenvalue weighted by Gasteiger charge is -2.12. The van der Waals surface area contributed by atoms with Crippen LogP contribution in [0.3, 0.4) is 0 Å². The predicted molar refractivity (Wildman–Crippen MR) is 162 cm³/mol. The van der Waals surface area contributed by atoms with Crippen LogP contribution in [0.25, 0.3) is 23.1 Å². The molecule has 0 atom stereocenters. The second-order valence-electron chi connectivity index (χ2n) is 10.2. The molecule has 1 aromatic heterocycles. The molecule has 0 fully saturated rings. The van der Waals surface area contributed by atoms with Gasteiger partial charge in [0.15, 0.2) is 0 Å². The molecule has 0 unspecified atom stereocenters. The topological polar surface area (TPSA) is 98.0 Å². The van der Waals surface area contributed by atoms with Crippen molar-refractivity contribution in [2.24, 2.45) is 0 Å². The average molecular weight is 556 g/mol. The molecule has 214 valence electrons. The van der Waals surface area contributed by atoms with E-state index < -0.39 is 11.9 Å². The fourth-order valence-corrected chi connectivity index (χ4v) is 4.95. The van der Waals surface area contributed by atoms with Crippen LogP contribution in [-0.2, 0) is 22.6 Å². The number of hydrogen-bond donors (Lipinski definition) is 2. The van der Waals surface area contributed by atoms with E-state index in [1.807, 2.05) is 71.4 Å². The minimum atomic E-state index is -0.905. The minimum Gasteiger partial charge on any atom is -0.494 e. The molecule has 0 saturated heterocycles. The Morgan fingerprint density at radius 2 is 1.49 bits per heavy atom. The molecule has 2 N–H and O–H groups in total. The Morgan fingerprint density at radius 3 is 2.17 bits per heavy atom. The van der Waals surface area contributed by atoms with Gasteiger partial charge in [-0.15, -0.1) is 0 Å². The Balaban J connectivity index is 1.34. The summed E-state index contributed by atoms with van der Waals surface area (Å²) in [6.45, 7) is 5.90. The predicted octanol–water partition coefficient (Wildman–Crippen LogP) is 7.16. The van der Waals surface area contributed by atoms with E-state index in [-0.39, 0.29) is 12.8 Å². The van der Waals surface area contributed by atoms with Gasteiger partial charge in [0.2, 0.25) is 0 Å². The van der Waals surface area contributed by atoms with Crippen LogP contribution in [0.1, 0.15) is 53.5 Å². The lowest BCUT2D eigenvalue weighted by Crippen LogP contribution is -2.04. The number of carboxylic acid groups (broad SMARTS) is 2. The van der Waals surface area contributed by atoms with Gasteiger partial charge in [-0.2, -0.15) is 0 Å². The van der Waals surface area contributed by atoms with Crippen LogP contribution in [0.15, 0.2) is 66.9 Å². The SMILES string of the molecule is Cc1cccc(C)c1OCCCCOc1ccc(C=Cc2cccc3c2c(CC(=O)O)cn3CCCC(=O)O)cc1. The van der Waals surface area contributed by atoms with Gasteiger partial charge in [0.05, 0.1) is 19.6 Å². The number of aliphatic carboxylic acids is 2. The van der Waals surface area contributed by atoms with E-state index >= 15 is 0 Å². The maximum Gasteiger partial charge on any atom is 0.307 e. The number of nitrogens with zero attached hydrogens (tertiary/aromatic N) is 1. The van der Waals surface area contributed by atoms with Crippen molar-refractivity contribution >= 4 is 35.0 Å². The zero-order chi connectivity index (χ0) is 29.2. The third-order valence-corrected chi connectivity index (χ3v) is 6.95. The Hall–Kier alpha value is -4.52. The number of rotatable bonds is 15. The molecular formula is C34H37NO6. The lowest BCUT2D eigenvalue weighted by atomic mass is 10.0. The van der Waals surface area contributed by atoms with Crippen molar-refractivity contribution in [1.82, 2.24) is 4.57 Å². The molecule has 0 aliphatic heterocycles. The van der Waals surface area contributed by atoms with Crippen molar-refractivity contribution < 1.29 is 29.3 Å². The third-order valence-electron chi connectivity index (χ3n) is 6.95. The van der Waals surface area contributed by atoms with Gasteiger partial charge in [0, 0.05) is 30.1 Å². The van der Waals surface area contributed by atoms with Crippen molar-refractivity contribution in [2.45, 2.75) is 52.5 Å². The first-order chi connectivity index (χ1) is 19.8. The van der Waals surface area contributed by atoms with Gasteiger partial charge in [-0.05, 0) is 79.1 Å². The fourth-order valence-electron chi connectivity index (χ4n) is 4.95. The maximum atomic E-state index is 11.5. The molecule has 0 aliphatic carbocycles. The van der Waals surface area contributed by atoms with Gasteiger partial charge >= 0.3 is 11.9 Å². The van der Waals surface area contributed by atoms with E-state index in [9.17, 15) is 14.7 Å². The van der Waals surface area contributed by atoms with E-state index in [2.05, 4.69) is 26.0 Å². The highest BCUT2D eigenvalue weighted by atomic mass is 16.5. The zero-order valence-corrected chi connectivity index (χ0v) is 23.6. The summed E-state index contributed by atoms with van der Waals surface area (Å²) in [5.74, 6) is 0.0329. The van der Waals surface area contributed by atoms with Gasteiger partial charge in [-0.25, -0.2) is 0 Å². The summed E-state index contributed by atoms with van der Waals surface area (Å²) in [7, 11) is 0. The Kier molecular flexibility index (Phi) is 10.2. The number of aromatic nitrogens is 1. The molecule has 4 aromatic rings. The maximum absolute atomic E-state index is 11.5. The molecule has 0 saturated carbocycles. The monoisotopic (exact) mass is 555 g/mol. The van der Waals surface area contributed by atoms with E-state index in [0.717, 1.165) is 57.5 Å². The van der Waals surface area contributed by atoms with Gasteiger partial charge in [0.1, 0.15) is 11.5 Å². The summed E-state index contributed by atoms with van der Waals surface area (Å²) < 4.78 is 13.8. The van der Waals surface area contributed by atoms with Crippen LogP contribution in [0.2, 0.25) is 0 Å². The zero-order valence-electron chi connectivity index (χ0n) is 23.6. The normalized spacial score (nSPS) is 11.3. The number of benzene rings is 3. The van der Waals surface area contributed by atoms with E-state index in [4.69, 9.17) is 14.6 Å². The van der Waals surface area contributed by atoms with Crippen molar-refractivity contribution in [1.29, 1.82) is 0 Å². The summed E-state index contributed by atoms with van der Waals surface area (Å²) in [5, 5.41) is 19.3. The molecule has 41 heavy (non-hydrogen) atoms. The molecule has 0 radical (unpaired) electrons. The number of aryl methyl sites for hydroxylation is 3. The third kappa shape index (κ3) is 8.24. The summed E-state index contributed by atoms with van der Waals surface area (Å²) in [6, 6.07) is 19.9. The van der Waals surface area contributed by atoms with Crippen LogP contribution in [0.4, 0.5) is 0 Å². The summed E-state index contributed by atoms with van der Waals surface area (Å²) >= 11 is 0. The van der Waals surface area contributed by atoms with E-state index in [1.54, 1.807) is 0 Å². The van der Waals surface area contributed by atoms with E-state index in [0.29, 0.717) is 31.7 Å². The number of hydrogen-bond acceptors (Lipinski definition) is 4. The van der Waals surface area contributed by atoms with Crippen LogP contribution in [-0.4, -0.2) is 39.9 Å². The van der Waals surface area contributed by atoms with Crippen molar-refractivity contribution in [2.75, 3.05) is 13.2 Å². The molecule has 0 spiro atoms. The molecule has 0 amide bonds. The number of fused-ring (bicyclic) bond motifs is 1. The van der Waals surface area contributed by atoms with Crippen LogP contribution >= 0.6 is 0 Å². The Bertz CT molecular complexity index is 1500. The minimum absolute atomic E-state index is 0.0648. The largest absolute Gasteiger partial charge is 0.494 e. The summed E-state index contributed by atoms with van der Waals surface area (Å²) in [4.78, 5) is 22.5. The van der Waals surface area contributed by atoms with Crippen molar-refractivity contribution in [3.8, 4) is 11.5 Å². The first kappa shape index (κ1) is 29.5. The summed E-state index contributed by atoms with van der Waals surface area (Å²) in [5.41, 5.74) is 5.83. The van der Waals surface area contributed by atoms with Crippen LogP contribution in [0.5, 0.6) is 11.5 Å². The smallest absolute Gasteiger partial charge is 0.307 e. The first-order valence-corrected chi connectivity index (χ1v) is 14.0. The molecule has 3 aromatic carbocycles. The highest BCUT2D eigenvalue weighted by molar-refractivity contribution is 5.96.